The van der Waals surface area contributed by atoms with Gasteiger partial charge in [0, 0.05) is 10.9 Å². The van der Waals surface area contributed by atoms with Gasteiger partial charge in [0.25, 0.3) is 0 Å². The average molecular weight is 250 g/mol. The van der Waals surface area contributed by atoms with Crippen molar-refractivity contribution in [2.75, 3.05) is 7.11 Å². The summed E-state index contributed by atoms with van der Waals surface area (Å²) in [5, 5.41) is 11.1. The van der Waals surface area contributed by atoms with E-state index in [0.717, 1.165) is 11.3 Å². The predicted octanol–water partition coefficient (Wildman–Crippen LogP) is 3.05. The molecule has 0 unspecified atom stereocenters. The van der Waals surface area contributed by atoms with Gasteiger partial charge in [-0.3, -0.25) is 5.10 Å². The number of aromatic nitrogens is 2. The monoisotopic (exact) mass is 250 g/mol. The van der Waals surface area contributed by atoms with E-state index < -0.39 is 0 Å². The lowest BCUT2D eigenvalue weighted by Crippen LogP contribution is -2.06. The molecular formula is C12H14N2O2S. The Kier molecular flexibility index (Phi) is 3.28. The third-order valence-electron chi connectivity index (χ3n) is 2.56. The first-order valence-corrected chi connectivity index (χ1v) is 6.28. The minimum Gasteiger partial charge on any atom is -0.465 e. The fourth-order valence-electron chi connectivity index (χ4n) is 1.69. The van der Waals surface area contributed by atoms with Crippen LogP contribution in [0.1, 0.15) is 35.8 Å². The average Bonchev–Trinajstić information content (AvgIpc) is 2.95. The zero-order valence-electron chi connectivity index (χ0n) is 9.98. The summed E-state index contributed by atoms with van der Waals surface area (Å²) in [6.45, 7) is 4.02. The molecule has 17 heavy (non-hydrogen) atoms. The first kappa shape index (κ1) is 11.9. The van der Waals surface area contributed by atoms with Crippen molar-refractivity contribution in [2.45, 2.75) is 19.8 Å². The fraction of sp³-hybridized carbons (Fsp3) is 0.333. The number of hydrogen-bond acceptors (Lipinski definition) is 4. The highest BCUT2D eigenvalue weighted by atomic mass is 32.1. The SMILES string of the molecule is COC(=O)c1c(-c2ccsc2)n[nH]c1C(C)C. The van der Waals surface area contributed by atoms with Crippen LogP contribution < -0.4 is 0 Å². The van der Waals surface area contributed by atoms with Gasteiger partial charge in [0.1, 0.15) is 11.3 Å². The summed E-state index contributed by atoms with van der Waals surface area (Å²) in [6, 6.07) is 1.94. The van der Waals surface area contributed by atoms with Crippen molar-refractivity contribution in [3.05, 3.63) is 28.1 Å². The third-order valence-corrected chi connectivity index (χ3v) is 3.24. The molecule has 0 radical (unpaired) electrons. The maximum absolute atomic E-state index is 11.8. The van der Waals surface area contributed by atoms with Crippen LogP contribution in [0, 0.1) is 0 Å². The molecule has 0 amide bonds. The molecule has 0 saturated carbocycles. The summed E-state index contributed by atoms with van der Waals surface area (Å²) in [6.07, 6.45) is 0. The van der Waals surface area contributed by atoms with Crippen LogP contribution in [0.2, 0.25) is 0 Å². The highest BCUT2D eigenvalue weighted by molar-refractivity contribution is 7.08. The Balaban J connectivity index is 2.57. The smallest absolute Gasteiger partial charge is 0.342 e. The van der Waals surface area contributed by atoms with Gasteiger partial charge in [-0.05, 0) is 17.4 Å². The number of ether oxygens (including phenoxy) is 1. The number of methoxy groups -OCH3 is 1. The standard InChI is InChI=1S/C12H14N2O2S/c1-7(2)10-9(12(15)16-3)11(14-13-10)8-4-5-17-6-8/h4-7H,1-3H3,(H,13,14). The van der Waals surface area contributed by atoms with Gasteiger partial charge in [0.15, 0.2) is 0 Å². The van der Waals surface area contributed by atoms with E-state index in [1.807, 2.05) is 30.7 Å². The second-order valence-electron chi connectivity index (χ2n) is 4.02. The van der Waals surface area contributed by atoms with E-state index in [-0.39, 0.29) is 11.9 Å². The normalized spacial score (nSPS) is 10.8. The molecule has 2 rings (SSSR count). The molecule has 90 valence electrons. The number of H-pyrrole nitrogens is 1. The van der Waals surface area contributed by atoms with Gasteiger partial charge in [0.2, 0.25) is 0 Å². The first-order valence-electron chi connectivity index (χ1n) is 5.34. The van der Waals surface area contributed by atoms with Crippen LogP contribution >= 0.6 is 11.3 Å². The Morgan fingerprint density at radius 3 is 2.82 bits per heavy atom. The number of esters is 1. The van der Waals surface area contributed by atoms with E-state index in [2.05, 4.69) is 10.2 Å². The van der Waals surface area contributed by atoms with E-state index in [9.17, 15) is 4.79 Å². The van der Waals surface area contributed by atoms with Gasteiger partial charge < -0.3 is 4.74 Å². The Bertz CT molecular complexity index is 515. The van der Waals surface area contributed by atoms with Crippen LogP contribution in [0.3, 0.4) is 0 Å². The molecule has 0 fully saturated rings. The Morgan fingerprint density at radius 2 is 2.29 bits per heavy atom. The molecule has 0 bridgehead atoms. The van der Waals surface area contributed by atoms with E-state index >= 15 is 0 Å². The fourth-order valence-corrected chi connectivity index (χ4v) is 2.33. The van der Waals surface area contributed by atoms with Crippen LogP contribution in [-0.2, 0) is 4.74 Å². The van der Waals surface area contributed by atoms with E-state index in [1.165, 1.54) is 7.11 Å². The minimum absolute atomic E-state index is 0.198. The summed E-state index contributed by atoms with van der Waals surface area (Å²) in [7, 11) is 1.39. The van der Waals surface area contributed by atoms with E-state index in [4.69, 9.17) is 4.74 Å². The van der Waals surface area contributed by atoms with E-state index in [1.54, 1.807) is 11.3 Å². The van der Waals surface area contributed by atoms with Crippen LogP contribution in [-0.4, -0.2) is 23.3 Å². The minimum atomic E-state index is -0.344. The van der Waals surface area contributed by atoms with Gasteiger partial charge in [-0.25, -0.2) is 4.79 Å². The van der Waals surface area contributed by atoms with Gasteiger partial charge in [-0.2, -0.15) is 16.4 Å². The zero-order chi connectivity index (χ0) is 12.4. The van der Waals surface area contributed by atoms with E-state index in [0.29, 0.717) is 11.3 Å². The second kappa shape index (κ2) is 4.71. The molecule has 0 aliphatic carbocycles. The Labute approximate surface area is 104 Å². The van der Waals surface area contributed by atoms with Crippen LogP contribution in [0.5, 0.6) is 0 Å². The Morgan fingerprint density at radius 1 is 1.53 bits per heavy atom. The highest BCUT2D eigenvalue weighted by Crippen LogP contribution is 2.29. The maximum atomic E-state index is 11.8. The zero-order valence-corrected chi connectivity index (χ0v) is 10.8. The molecule has 2 heterocycles. The Hall–Kier alpha value is -1.62. The number of thiophene rings is 1. The molecule has 0 spiro atoms. The van der Waals surface area contributed by atoms with Crippen molar-refractivity contribution >= 4 is 17.3 Å². The van der Waals surface area contributed by atoms with Crippen molar-refractivity contribution in [3.63, 3.8) is 0 Å². The van der Waals surface area contributed by atoms with Gasteiger partial charge in [-0.15, -0.1) is 0 Å². The predicted molar refractivity (Wildman–Crippen MR) is 67.3 cm³/mol. The van der Waals surface area contributed by atoms with Crippen molar-refractivity contribution in [2.24, 2.45) is 0 Å². The largest absolute Gasteiger partial charge is 0.465 e. The summed E-state index contributed by atoms with van der Waals surface area (Å²) < 4.78 is 4.83. The topological polar surface area (TPSA) is 55.0 Å². The molecule has 2 aromatic heterocycles. The maximum Gasteiger partial charge on any atom is 0.342 e. The molecule has 0 aromatic carbocycles. The molecule has 1 N–H and O–H groups in total. The first-order chi connectivity index (χ1) is 8.15. The van der Waals surface area contributed by atoms with Crippen molar-refractivity contribution in [1.82, 2.24) is 10.2 Å². The van der Waals surface area contributed by atoms with Crippen LogP contribution in [0.4, 0.5) is 0 Å². The molecule has 0 aliphatic heterocycles. The molecule has 5 heteroatoms. The highest BCUT2D eigenvalue weighted by Gasteiger charge is 2.23. The summed E-state index contributed by atoms with van der Waals surface area (Å²) >= 11 is 1.57. The molecule has 0 aliphatic rings. The van der Waals surface area contributed by atoms with Crippen LogP contribution in [0.15, 0.2) is 16.8 Å². The lowest BCUT2D eigenvalue weighted by molar-refractivity contribution is 0.0600. The molecule has 0 atom stereocenters. The van der Waals surface area contributed by atoms with Crippen molar-refractivity contribution in [1.29, 1.82) is 0 Å². The molecular weight excluding hydrogens is 236 g/mol. The number of carbonyl (C=O) groups is 1. The number of nitrogens with zero attached hydrogens (tertiary/aromatic N) is 1. The lowest BCUT2D eigenvalue weighted by Gasteiger charge is -2.05. The summed E-state index contributed by atoms with van der Waals surface area (Å²) in [5.74, 6) is -0.146. The van der Waals surface area contributed by atoms with Gasteiger partial charge in [-0.1, -0.05) is 13.8 Å². The van der Waals surface area contributed by atoms with Crippen molar-refractivity contribution < 1.29 is 9.53 Å². The molecule has 0 saturated heterocycles. The second-order valence-corrected chi connectivity index (χ2v) is 4.80. The van der Waals surface area contributed by atoms with Crippen molar-refractivity contribution in [3.8, 4) is 11.3 Å². The number of rotatable bonds is 3. The number of carbonyl (C=O) groups excluding carboxylic acids is 1. The summed E-state index contributed by atoms with van der Waals surface area (Å²) in [4.78, 5) is 11.8. The molecule has 4 nitrogen and oxygen atoms in total. The number of aromatic amines is 1. The number of nitrogens with one attached hydrogen (secondary N) is 1. The lowest BCUT2D eigenvalue weighted by atomic mass is 10.0. The number of hydrogen-bond donors (Lipinski definition) is 1. The van der Waals surface area contributed by atoms with Gasteiger partial charge in [0.05, 0.1) is 12.8 Å². The third kappa shape index (κ3) is 2.10. The van der Waals surface area contributed by atoms with Crippen LogP contribution in [0.25, 0.3) is 11.3 Å². The molecule has 2 aromatic rings. The van der Waals surface area contributed by atoms with Gasteiger partial charge >= 0.3 is 5.97 Å². The summed E-state index contributed by atoms with van der Waals surface area (Å²) in [5.41, 5.74) is 2.97. The quantitative estimate of drug-likeness (QED) is 0.852.